The molecule has 1 N–H and O–H groups in total. The van der Waals surface area contributed by atoms with E-state index < -0.39 is 0 Å². The quantitative estimate of drug-likeness (QED) is 0.350. The molecule has 0 fully saturated rings. The van der Waals surface area contributed by atoms with Crippen LogP contribution in [0, 0.1) is 6.92 Å². The van der Waals surface area contributed by atoms with Crippen molar-refractivity contribution in [1.82, 2.24) is 5.32 Å². The van der Waals surface area contributed by atoms with Crippen LogP contribution in [0.4, 0.5) is 0 Å². The first-order chi connectivity index (χ1) is 14.2. The summed E-state index contributed by atoms with van der Waals surface area (Å²) in [7, 11) is 0. The molecule has 0 aliphatic heterocycles. The first kappa shape index (κ1) is 23.3. The third-order valence-electron chi connectivity index (χ3n) is 5.21. The van der Waals surface area contributed by atoms with Gasteiger partial charge >= 0.3 is 0 Å². The maximum Gasteiger partial charge on any atom is 0.127 e. The molecule has 2 aromatic rings. The summed E-state index contributed by atoms with van der Waals surface area (Å²) in [6.45, 7) is 9.91. The van der Waals surface area contributed by atoms with Crippen molar-refractivity contribution in [3.05, 3.63) is 59.2 Å². The molecular formula is C26H39NO2. The van der Waals surface area contributed by atoms with Crippen molar-refractivity contribution in [2.45, 2.75) is 72.3 Å². The number of hydrogen-bond donors (Lipinski definition) is 1. The van der Waals surface area contributed by atoms with Gasteiger partial charge in [0.2, 0.25) is 0 Å². The Morgan fingerprint density at radius 3 is 2.24 bits per heavy atom. The van der Waals surface area contributed by atoms with Gasteiger partial charge in [-0.05, 0) is 49.9 Å². The fourth-order valence-electron chi connectivity index (χ4n) is 3.32. The van der Waals surface area contributed by atoms with Gasteiger partial charge in [-0.15, -0.1) is 0 Å². The van der Waals surface area contributed by atoms with E-state index in [0.717, 1.165) is 57.1 Å². The van der Waals surface area contributed by atoms with E-state index in [2.05, 4.69) is 68.6 Å². The van der Waals surface area contributed by atoms with E-state index in [4.69, 9.17) is 9.47 Å². The predicted molar refractivity (Wildman–Crippen MR) is 123 cm³/mol. The largest absolute Gasteiger partial charge is 0.493 e. The molecule has 0 radical (unpaired) electrons. The highest BCUT2D eigenvalue weighted by Crippen LogP contribution is 2.26. The molecule has 0 spiro atoms. The predicted octanol–water partition coefficient (Wildman–Crippen LogP) is 6.47. The molecule has 0 atom stereocenters. The van der Waals surface area contributed by atoms with Gasteiger partial charge in [0.1, 0.15) is 11.5 Å². The van der Waals surface area contributed by atoms with E-state index in [0.29, 0.717) is 0 Å². The standard InChI is InChI=1S/C26H39NO2/c1-4-6-10-18-28-25-15-14-24(26(20-25)29-19-11-7-5-2)21-27-17-16-23-13-9-8-12-22(23)3/h8-9,12-15,20,27H,4-7,10-11,16-19,21H2,1-3H3. The van der Waals surface area contributed by atoms with Crippen molar-refractivity contribution < 1.29 is 9.47 Å². The first-order valence-electron chi connectivity index (χ1n) is 11.4. The van der Waals surface area contributed by atoms with E-state index in [1.165, 1.54) is 42.4 Å². The number of ether oxygens (including phenoxy) is 2. The summed E-state index contributed by atoms with van der Waals surface area (Å²) in [6, 6.07) is 14.9. The maximum atomic E-state index is 6.12. The Bertz CT molecular complexity index is 699. The topological polar surface area (TPSA) is 30.5 Å². The van der Waals surface area contributed by atoms with Crippen LogP contribution in [-0.2, 0) is 13.0 Å². The van der Waals surface area contributed by atoms with Gasteiger partial charge in [0.15, 0.2) is 0 Å². The monoisotopic (exact) mass is 397 g/mol. The Morgan fingerprint density at radius 1 is 0.793 bits per heavy atom. The summed E-state index contributed by atoms with van der Waals surface area (Å²) in [6.07, 6.45) is 8.07. The summed E-state index contributed by atoms with van der Waals surface area (Å²) >= 11 is 0. The average molecular weight is 398 g/mol. The number of aryl methyl sites for hydroxylation is 1. The Hall–Kier alpha value is -2.00. The SMILES string of the molecule is CCCCCOc1ccc(CNCCc2ccccc2C)c(OCCCCC)c1. The Balaban J connectivity index is 1.89. The Morgan fingerprint density at radius 2 is 1.52 bits per heavy atom. The molecule has 2 aromatic carbocycles. The van der Waals surface area contributed by atoms with Gasteiger partial charge in [-0.25, -0.2) is 0 Å². The lowest BCUT2D eigenvalue weighted by Crippen LogP contribution is -2.18. The summed E-state index contributed by atoms with van der Waals surface area (Å²) in [5.41, 5.74) is 3.97. The van der Waals surface area contributed by atoms with E-state index >= 15 is 0 Å². The van der Waals surface area contributed by atoms with Crippen molar-refractivity contribution in [2.75, 3.05) is 19.8 Å². The van der Waals surface area contributed by atoms with Crippen LogP contribution in [0.5, 0.6) is 11.5 Å². The molecule has 0 bridgehead atoms. The fourth-order valence-corrected chi connectivity index (χ4v) is 3.32. The number of hydrogen-bond acceptors (Lipinski definition) is 3. The minimum atomic E-state index is 0.767. The summed E-state index contributed by atoms with van der Waals surface area (Å²) < 4.78 is 12.0. The lowest BCUT2D eigenvalue weighted by molar-refractivity contribution is 0.289. The van der Waals surface area contributed by atoms with E-state index in [-0.39, 0.29) is 0 Å². The summed E-state index contributed by atoms with van der Waals surface area (Å²) in [5.74, 6) is 1.87. The zero-order valence-electron chi connectivity index (χ0n) is 18.6. The highest BCUT2D eigenvalue weighted by molar-refractivity contribution is 5.40. The van der Waals surface area contributed by atoms with Crippen molar-refractivity contribution in [1.29, 1.82) is 0 Å². The van der Waals surface area contributed by atoms with Crippen LogP contribution in [-0.4, -0.2) is 19.8 Å². The number of nitrogens with one attached hydrogen (secondary N) is 1. The van der Waals surface area contributed by atoms with E-state index in [9.17, 15) is 0 Å². The minimum Gasteiger partial charge on any atom is -0.493 e. The summed E-state index contributed by atoms with van der Waals surface area (Å²) in [5, 5.41) is 3.58. The van der Waals surface area contributed by atoms with Crippen LogP contribution in [0.15, 0.2) is 42.5 Å². The van der Waals surface area contributed by atoms with Gasteiger partial charge in [-0.2, -0.15) is 0 Å². The van der Waals surface area contributed by atoms with Crippen molar-refractivity contribution >= 4 is 0 Å². The Kier molecular flexibility index (Phi) is 11.3. The smallest absolute Gasteiger partial charge is 0.127 e. The van der Waals surface area contributed by atoms with Gasteiger partial charge in [0.25, 0.3) is 0 Å². The van der Waals surface area contributed by atoms with Crippen molar-refractivity contribution in [2.24, 2.45) is 0 Å². The molecular weight excluding hydrogens is 358 g/mol. The van der Waals surface area contributed by atoms with Crippen LogP contribution in [0.2, 0.25) is 0 Å². The molecule has 160 valence electrons. The molecule has 0 saturated carbocycles. The van der Waals surface area contributed by atoms with Gasteiger partial charge in [-0.3, -0.25) is 0 Å². The molecule has 0 heterocycles. The Labute approximate surface area is 177 Å². The number of rotatable bonds is 15. The number of unbranched alkanes of at least 4 members (excludes halogenated alkanes) is 4. The highest BCUT2D eigenvalue weighted by atomic mass is 16.5. The van der Waals surface area contributed by atoms with Gasteiger partial charge < -0.3 is 14.8 Å². The summed E-state index contributed by atoms with van der Waals surface area (Å²) in [4.78, 5) is 0. The minimum absolute atomic E-state index is 0.767. The van der Waals surface area contributed by atoms with E-state index in [1.807, 2.05) is 0 Å². The zero-order valence-corrected chi connectivity index (χ0v) is 18.6. The average Bonchev–Trinajstić information content (AvgIpc) is 2.74. The zero-order chi connectivity index (χ0) is 20.7. The molecule has 0 aliphatic carbocycles. The third kappa shape index (κ3) is 8.91. The molecule has 0 aromatic heterocycles. The van der Waals surface area contributed by atoms with Gasteiger partial charge in [-0.1, -0.05) is 69.9 Å². The first-order valence-corrected chi connectivity index (χ1v) is 11.4. The van der Waals surface area contributed by atoms with Crippen LogP contribution in [0.3, 0.4) is 0 Å². The van der Waals surface area contributed by atoms with Crippen LogP contribution >= 0.6 is 0 Å². The lowest BCUT2D eigenvalue weighted by atomic mass is 10.1. The van der Waals surface area contributed by atoms with Gasteiger partial charge in [0.05, 0.1) is 13.2 Å². The van der Waals surface area contributed by atoms with Crippen LogP contribution in [0.1, 0.15) is 69.1 Å². The van der Waals surface area contributed by atoms with Gasteiger partial charge in [0, 0.05) is 18.2 Å². The molecule has 0 aliphatic rings. The molecule has 2 rings (SSSR count). The second-order valence-electron chi connectivity index (χ2n) is 7.73. The number of benzene rings is 2. The highest BCUT2D eigenvalue weighted by Gasteiger charge is 2.07. The van der Waals surface area contributed by atoms with Crippen molar-refractivity contribution in [3.63, 3.8) is 0 Å². The molecule has 3 nitrogen and oxygen atoms in total. The fraction of sp³-hybridized carbons (Fsp3) is 0.538. The normalized spacial score (nSPS) is 10.9. The molecule has 3 heteroatoms. The second-order valence-corrected chi connectivity index (χ2v) is 7.73. The second kappa shape index (κ2) is 14.1. The van der Waals surface area contributed by atoms with E-state index in [1.54, 1.807) is 0 Å². The lowest BCUT2D eigenvalue weighted by Gasteiger charge is -2.15. The molecule has 0 amide bonds. The maximum absolute atomic E-state index is 6.12. The molecule has 29 heavy (non-hydrogen) atoms. The molecule has 0 unspecified atom stereocenters. The van der Waals surface area contributed by atoms with Crippen LogP contribution < -0.4 is 14.8 Å². The van der Waals surface area contributed by atoms with Crippen LogP contribution in [0.25, 0.3) is 0 Å². The molecule has 0 saturated heterocycles. The third-order valence-corrected chi connectivity index (χ3v) is 5.21. The van der Waals surface area contributed by atoms with Crippen molar-refractivity contribution in [3.8, 4) is 11.5 Å².